The van der Waals surface area contributed by atoms with Gasteiger partial charge in [0.2, 0.25) is 0 Å². The quantitative estimate of drug-likeness (QED) is 0.813. The van der Waals surface area contributed by atoms with Gasteiger partial charge >= 0.3 is 0 Å². The minimum atomic E-state index is -0.319. The van der Waals surface area contributed by atoms with Gasteiger partial charge in [-0.2, -0.15) is 5.26 Å². The molecule has 1 unspecified atom stereocenters. The number of nitrogens with zero attached hydrogens (tertiary/aromatic N) is 2. The summed E-state index contributed by atoms with van der Waals surface area (Å²) in [5, 5.41) is 8.87. The van der Waals surface area contributed by atoms with E-state index in [-0.39, 0.29) is 5.82 Å². The van der Waals surface area contributed by atoms with E-state index in [2.05, 4.69) is 25.7 Å². The van der Waals surface area contributed by atoms with Crippen LogP contribution in [0.15, 0.2) is 18.2 Å². The van der Waals surface area contributed by atoms with Crippen LogP contribution in [-0.2, 0) is 6.54 Å². The molecule has 1 aliphatic rings. The third-order valence-electron chi connectivity index (χ3n) is 3.99. The molecule has 1 atom stereocenters. The standard InChI is InChI=1S/C16H21FN2/c1-16(2,3)14-4-5-19(11-14)10-13-6-12(9-18)7-15(17)8-13/h6-8,14H,4-5,10-11H2,1-3H3. The van der Waals surface area contributed by atoms with Crippen LogP contribution in [0.3, 0.4) is 0 Å². The van der Waals surface area contributed by atoms with E-state index < -0.39 is 0 Å². The van der Waals surface area contributed by atoms with E-state index in [1.807, 2.05) is 6.07 Å². The van der Waals surface area contributed by atoms with Crippen LogP contribution >= 0.6 is 0 Å². The van der Waals surface area contributed by atoms with E-state index in [4.69, 9.17) is 5.26 Å². The van der Waals surface area contributed by atoms with Crippen LogP contribution in [0.4, 0.5) is 4.39 Å². The van der Waals surface area contributed by atoms with Crippen molar-refractivity contribution in [3.05, 3.63) is 35.1 Å². The highest BCUT2D eigenvalue weighted by Crippen LogP contribution is 2.34. The Bertz CT molecular complexity index is 496. The van der Waals surface area contributed by atoms with Gasteiger partial charge in [0.25, 0.3) is 0 Å². The number of hydrogen-bond acceptors (Lipinski definition) is 2. The molecule has 1 heterocycles. The molecule has 0 saturated carbocycles. The first-order valence-corrected chi connectivity index (χ1v) is 6.80. The molecule has 1 saturated heterocycles. The number of hydrogen-bond donors (Lipinski definition) is 0. The lowest BCUT2D eigenvalue weighted by Crippen LogP contribution is -2.25. The summed E-state index contributed by atoms with van der Waals surface area (Å²) in [6, 6.07) is 6.61. The SMILES string of the molecule is CC(C)(C)C1CCN(Cc2cc(F)cc(C#N)c2)C1. The van der Waals surface area contributed by atoms with E-state index in [0.717, 1.165) is 25.2 Å². The molecular weight excluding hydrogens is 239 g/mol. The summed E-state index contributed by atoms with van der Waals surface area (Å²) in [7, 11) is 0. The normalized spacial score (nSPS) is 20.5. The molecule has 1 aliphatic heterocycles. The van der Waals surface area contributed by atoms with E-state index in [9.17, 15) is 4.39 Å². The van der Waals surface area contributed by atoms with Gasteiger partial charge in [0.05, 0.1) is 11.6 Å². The highest BCUT2D eigenvalue weighted by molar-refractivity contribution is 5.33. The van der Waals surface area contributed by atoms with Gasteiger partial charge in [-0.1, -0.05) is 20.8 Å². The average molecular weight is 260 g/mol. The fourth-order valence-corrected chi connectivity index (χ4v) is 2.75. The first-order chi connectivity index (χ1) is 8.88. The van der Waals surface area contributed by atoms with Crippen molar-refractivity contribution in [3.63, 3.8) is 0 Å². The Balaban J connectivity index is 2.04. The molecule has 0 spiro atoms. The molecule has 102 valence electrons. The van der Waals surface area contributed by atoms with Crippen molar-refractivity contribution in [1.82, 2.24) is 4.90 Å². The fourth-order valence-electron chi connectivity index (χ4n) is 2.75. The Morgan fingerprint density at radius 1 is 1.37 bits per heavy atom. The molecule has 2 rings (SSSR count). The lowest BCUT2D eigenvalue weighted by molar-refractivity contribution is 0.226. The molecule has 1 aromatic rings. The number of nitriles is 1. The summed E-state index contributed by atoms with van der Waals surface area (Å²) >= 11 is 0. The fraction of sp³-hybridized carbons (Fsp3) is 0.562. The van der Waals surface area contributed by atoms with Gasteiger partial charge in [-0.05, 0) is 48.1 Å². The van der Waals surface area contributed by atoms with Crippen molar-refractivity contribution in [1.29, 1.82) is 5.26 Å². The van der Waals surface area contributed by atoms with E-state index in [1.165, 1.54) is 18.6 Å². The third-order valence-corrected chi connectivity index (χ3v) is 3.99. The minimum Gasteiger partial charge on any atom is -0.299 e. The van der Waals surface area contributed by atoms with Crippen LogP contribution in [-0.4, -0.2) is 18.0 Å². The summed E-state index contributed by atoms with van der Waals surface area (Å²) in [4.78, 5) is 2.35. The largest absolute Gasteiger partial charge is 0.299 e. The monoisotopic (exact) mass is 260 g/mol. The summed E-state index contributed by atoms with van der Waals surface area (Å²) in [6.07, 6.45) is 1.20. The minimum absolute atomic E-state index is 0.319. The molecule has 2 nitrogen and oxygen atoms in total. The van der Waals surface area contributed by atoms with Gasteiger partial charge in [-0.15, -0.1) is 0 Å². The Kier molecular flexibility index (Phi) is 3.91. The molecule has 1 fully saturated rings. The molecular formula is C16H21FN2. The zero-order valence-electron chi connectivity index (χ0n) is 11.9. The smallest absolute Gasteiger partial charge is 0.124 e. The zero-order valence-corrected chi connectivity index (χ0v) is 11.9. The van der Waals surface area contributed by atoms with Gasteiger partial charge < -0.3 is 0 Å². The maximum Gasteiger partial charge on any atom is 0.124 e. The molecule has 0 aromatic heterocycles. The van der Waals surface area contributed by atoms with Crippen molar-refractivity contribution in [2.24, 2.45) is 11.3 Å². The van der Waals surface area contributed by atoms with Gasteiger partial charge in [0.1, 0.15) is 5.82 Å². The van der Waals surface area contributed by atoms with E-state index in [0.29, 0.717) is 16.9 Å². The van der Waals surface area contributed by atoms with Gasteiger partial charge in [-0.25, -0.2) is 4.39 Å². The van der Waals surface area contributed by atoms with E-state index >= 15 is 0 Å². The predicted octanol–water partition coefficient (Wildman–Crippen LogP) is 3.57. The molecule has 0 radical (unpaired) electrons. The average Bonchev–Trinajstić information content (AvgIpc) is 2.76. The predicted molar refractivity (Wildman–Crippen MR) is 74.0 cm³/mol. The first-order valence-electron chi connectivity index (χ1n) is 6.80. The van der Waals surface area contributed by atoms with Gasteiger partial charge in [0, 0.05) is 13.1 Å². The van der Waals surface area contributed by atoms with Crippen LogP contribution < -0.4 is 0 Å². The maximum absolute atomic E-state index is 13.4. The molecule has 0 amide bonds. The first kappa shape index (κ1) is 14.0. The number of likely N-dealkylation sites (tertiary alicyclic amines) is 1. The zero-order chi connectivity index (χ0) is 14.0. The number of halogens is 1. The van der Waals surface area contributed by atoms with Crippen molar-refractivity contribution in [2.45, 2.75) is 33.7 Å². The highest BCUT2D eigenvalue weighted by Gasteiger charge is 2.31. The van der Waals surface area contributed by atoms with Crippen LogP contribution in [0.5, 0.6) is 0 Å². The van der Waals surface area contributed by atoms with Gasteiger partial charge in [0.15, 0.2) is 0 Å². The number of benzene rings is 1. The van der Waals surface area contributed by atoms with Crippen LogP contribution in [0, 0.1) is 28.5 Å². The van der Waals surface area contributed by atoms with Crippen LogP contribution in [0.1, 0.15) is 38.3 Å². The topological polar surface area (TPSA) is 27.0 Å². The molecule has 0 N–H and O–H groups in total. The summed E-state index contributed by atoms with van der Waals surface area (Å²) < 4.78 is 13.4. The molecule has 3 heteroatoms. The van der Waals surface area contributed by atoms with Crippen LogP contribution in [0.25, 0.3) is 0 Å². The van der Waals surface area contributed by atoms with Crippen molar-refractivity contribution >= 4 is 0 Å². The molecule has 0 bridgehead atoms. The Morgan fingerprint density at radius 3 is 2.68 bits per heavy atom. The second kappa shape index (κ2) is 5.30. The summed E-state index contributed by atoms with van der Waals surface area (Å²) in [6.45, 7) is 9.67. The molecule has 1 aromatic carbocycles. The van der Waals surface area contributed by atoms with Gasteiger partial charge in [-0.3, -0.25) is 4.90 Å². The third kappa shape index (κ3) is 3.54. The van der Waals surface area contributed by atoms with Crippen molar-refractivity contribution in [2.75, 3.05) is 13.1 Å². The van der Waals surface area contributed by atoms with Crippen molar-refractivity contribution < 1.29 is 4.39 Å². The Labute approximate surface area is 114 Å². The summed E-state index contributed by atoms with van der Waals surface area (Å²) in [5.74, 6) is 0.372. The van der Waals surface area contributed by atoms with Crippen molar-refractivity contribution in [3.8, 4) is 6.07 Å². The lowest BCUT2D eigenvalue weighted by atomic mass is 9.80. The second-order valence-electron chi connectivity index (χ2n) is 6.55. The lowest BCUT2D eigenvalue weighted by Gasteiger charge is -2.27. The van der Waals surface area contributed by atoms with Crippen LogP contribution in [0.2, 0.25) is 0 Å². The Morgan fingerprint density at radius 2 is 2.11 bits per heavy atom. The maximum atomic E-state index is 13.4. The summed E-state index contributed by atoms with van der Waals surface area (Å²) in [5.41, 5.74) is 1.63. The second-order valence-corrected chi connectivity index (χ2v) is 6.55. The van der Waals surface area contributed by atoms with E-state index in [1.54, 1.807) is 6.07 Å². The highest BCUT2D eigenvalue weighted by atomic mass is 19.1. The Hall–Kier alpha value is -1.40. The molecule has 0 aliphatic carbocycles. The molecule has 19 heavy (non-hydrogen) atoms. The number of rotatable bonds is 2.